The maximum atomic E-state index is 12.8. The van der Waals surface area contributed by atoms with Crippen molar-refractivity contribution < 1.29 is 9.59 Å². The fourth-order valence-electron chi connectivity index (χ4n) is 3.71. The van der Waals surface area contributed by atoms with Gasteiger partial charge < -0.3 is 11.1 Å². The van der Waals surface area contributed by atoms with Crippen molar-refractivity contribution in [3.63, 3.8) is 0 Å². The molecule has 3 aromatic rings. The van der Waals surface area contributed by atoms with Gasteiger partial charge in [-0.05, 0) is 54.5 Å². The first-order valence-electron chi connectivity index (χ1n) is 9.54. The molecular weight excluding hydrogens is 368 g/mol. The zero-order valence-corrected chi connectivity index (χ0v) is 16.4. The normalized spacial score (nSPS) is 13.4. The SMILES string of the molecule is NC(=O)c1c(NC(=O)c2ccc(-c3ccccc3)cc2)sc2c1CCCCC2. The molecule has 0 spiro atoms. The third kappa shape index (κ3) is 3.71. The molecule has 1 aliphatic rings. The standard InChI is InChI=1S/C23H22N2O2S/c24-21(26)20-18-9-5-2-6-10-19(18)28-23(20)25-22(27)17-13-11-16(12-14-17)15-7-3-1-4-8-15/h1,3-4,7-8,11-14H,2,5-6,9-10H2,(H2,24,26)(H,25,27). The van der Waals surface area contributed by atoms with Gasteiger partial charge in [0.05, 0.1) is 5.56 Å². The first-order chi connectivity index (χ1) is 13.6. The molecule has 1 aliphatic carbocycles. The molecule has 0 saturated heterocycles. The second-order valence-electron chi connectivity index (χ2n) is 7.03. The minimum atomic E-state index is -0.464. The molecule has 5 heteroatoms. The van der Waals surface area contributed by atoms with E-state index in [2.05, 4.69) is 5.32 Å². The molecular formula is C23H22N2O2S. The van der Waals surface area contributed by atoms with Crippen molar-refractivity contribution >= 4 is 28.2 Å². The van der Waals surface area contributed by atoms with Crippen molar-refractivity contribution in [3.05, 3.63) is 76.2 Å². The van der Waals surface area contributed by atoms with Gasteiger partial charge in [0.2, 0.25) is 0 Å². The molecule has 1 aromatic heterocycles. The molecule has 4 nitrogen and oxygen atoms in total. The molecule has 1 heterocycles. The Balaban J connectivity index is 1.58. The molecule has 0 unspecified atom stereocenters. The van der Waals surface area contributed by atoms with Crippen LogP contribution in [0.3, 0.4) is 0 Å². The Labute approximate surface area is 168 Å². The highest BCUT2D eigenvalue weighted by molar-refractivity contribution is 7.17. The number of carbonyl (C=O) groups excluding carboxylic acids is 2. The van der Waals surface area contributed by atoms with Gasteiger partial charge in [-0.3, -0.25) is 9.59 Å². The summed E-state index contributed by atoms with van der Waals surface area (Å²) < 4.78 is 0. The monoisotopic (exact) mass is 390 g/mol. The lowest BCUT2D eigenvalue weighted by Gasteiger charge is -2.07. The summed E-state index contributed by atoms with van der Waals surface area (Å²) in [4.78, 5) is 26.0. The van der Waals surface area contributed by atoms with Crippen LogP contribution in [0, 0.1) is 0 Å². The lowest BCUT2D eigenvalue weighted by Crippen LogP contribution is -2.18. The fourth-order valence-corrected chi connectivity index (χ4v) is 5.00. The summed E-state index contributed by atoms with van der Waals surface area (Å²) >= 11 is 1.49. The first-order valence-corrected chi connectivity index (χ1v) is 10.4. The summed E-state index contributed by atoms with van der Waals surface area (Å²) in [5.74, 6) is -0.687. The largest absolute Gasteiger partial charge is 0.365 e. The number of fused-ring (bicyclic) bond motifs is 1. The number of rotatable bonds is 4. The number of nitrogens with two attached hydrogens (primary N) is 1. The van der Waals surface area contributed by atoms with E-state index in [1.165, 1.54) is 16.2 Å². The van der Waals surface area contributed by atoms with Crippen LogP contribution < -0.4 is 11.1 Å². The maximum Gasteiger partial charge on any atom is 0.256 e. The van der Waals surface area contributed by atoms with Crippen molar-refractivity contribution in [1.82, 2.24) is 0 Å². The van der Waals surface area contributed by atoms with Gasteiger partial charge in [-0.15, -0.1) is 11.3 Å². The number of thiophene rings is 1. The summed E-state index contributed by atoms with van der Waals surface area (Å²) in [6.07, 6.45) is 5.13. The van der Waals surface area contributed by atoms with E-state index in [0.717, 1.165) is 48.8 Å². The second kappa shape index (κ2) is 7.98. The third-order valence-corrected chi connectivity index (χ3v) is 6.36. The number of benzene rings is 2. The Hall–Kier alpha value is -2.92. The first kappa shape index (κ1) is 18.4. The molecule has 142 valence electrons. The molecule has 3 N–H and O–H groups in total. The van der Waals surface area contributed by atoms with E-state index in [9.17, 15) is 9.59 Å². The molecule has 2 amide bonds. The Morgan fingerprint density at radius 1 is 0.857 bits per heavy atom. The number of amides is 2. The molecule has 0 radical (unpaired) electrons. The lowest BCUT2D eigenvalue weighted by molar-refractivity contribution is 0.100. The Morgan fingerprint density at radius 3 is 2.25 bits per heavy atom. The van der Waals surface area contributed by atoms with E-state index < -0.39 is 5.91 Å². The van der Waals surface area contributed by atoms with Crippen molar-refractivity contribution in [1.29, 1.82) is 0 Å². The third-order valence-electron chi connectivity index (χ3n) is 5.15. The minimum absolute atomic E-state index is 0.224. The van der Waals surface area contributed by atoms with E-state index in [4.69, 9.17) is 5.73 Å². The van der Waals surface area contributed by atoms with Gasteiger partial charge in [0.25, 0.3) is 11.8 Å². The number of carbonyl (C=O) groups is 2. The zero-order valence-electron chi connectivity index (χ0n) is 15.5. The average molecular weight is 391 g/mol. The van der Waals surface area contributed by atoms with Gasteiger partial charge in [0, 0.05) is 10.4 Å². The predicted molar refractivity (Wildman–Crippen MR) is 114 cm³/mol. The molecule has 28 heavy (non-hydrogen) atoms. The lowest BCUT2D eigenvalue weighted by atomic mass is 10.0. The van der Waals surface area contributed by atoms with Crippen LogP contribution in [0.25, 0.3) is 11.1 Å². The number of anilines is 1. The molecule has 2 aromatic carbocycles. The minimum Gasteiger partial charge on any atom is -0.365 e. The van der Waals surface area contributed by atoms with Crippen LogP contribution in [0.4, 0.5) is 5.00 Å². The van der Waals surface area contributed by atoms with Gasteiger partial charge in [0.15, 0.2) is 0 Å². The van der Waals surface area contributed by atoms with E-state index >= 15 is 0 Å². The number of nitrogens with one attached hydrogen (secondary N) is 1. The number of hydrogen-bond donors (Lipinski definition) is 2. The smallest absolute Gasteiger partial charge is 0.256 e. The topological polar surface area (TPSA) is 72.2 Å². The number of primary amides is 1. The van der Waals surface area contributed by atoms with Gasteiger partial charge in [0.1, 0.15) is 5.00 Å². The maximum absolute atomic E-state index is 12.8. The van der Waals surface area contributed by atoms with Gasteiger partial charge in [-0.2, -0.15) is 0 Å². The van der Waals surface area contributed by atoms with Crippen LogP contribution >= 0.6 is 11.3 Å². The van der Waals surface area contributed by atoms with Crippen LogP contribution in [0.5, 0.6) is 0 Å². The Bertz CT molecular complexity index is 1010. The van der Waals surface area contributed by atoms with Crippen molar-refractivity contribution in [2.24, 2.45) is 5.73 Å². The molecule has 0 saturated carbocycles. The quantitative estimate of drug-likeness (QED) is 0.613. The van der Waals surface area contributed by atoms with E-state index in [0.29, 0.717) is 16.1 Å². The van der Waals surface area contributed by atoms with E-state index in [1.807, 2.05) is 42.5 Å². The fraction of sp³-hybridized carbons (Fsp3) is 0.217. The predicted octanol–water partition coefficient (Wildman–Crippen LogP) is 5.04. The summed E-state index contributed by atoms with van der Waals surface area (Å²) in [7, 11) is 0. The molecule has 0 atom stereocenters. The summed E-state index contributed by atoms with van der Waals surface area (Å²) in [5.41, 5.74) is 9.89. The van der Waals surface area contributed by atoms with Crippen LogP contribution in [-0.4, -0.2) is 11.8 Å². The Morgan fingerprint density at radius 2 is 1.54 bits per heavy atom. The molecule has 0 bridgehead atoms. The average Bonchev–Trinajstić information content (AvgIpc) is 2.89. The summed E-state index contributed by atoms with van der Waals surface area (Å²) in [6, 6.07) is 17.5. The van der Waals surface area contributed by atoms with Gasteiger partial charge in [-0.25, -0.2) is 0 Å². The summed E-state index contributed by atoms with van der Waals surface area (Å²) in [6.45, 7) is 0. The van der Waals surface area contributed by atoms with E-state index in [-0.39, 0.29) is 5.91 Å². The van der Waals surface area contributed by atoms with Crippen LogP contribution in [0.2, 0.25) is 0 Å². The van der Waals surface area contributed by atoms with Gasteiger partial charge >= 0.3 is 0 Å². The van der Waals surface area contributed by atoms with Crippen molar-refractivity contribution in [2.45, 2.75) is 32.1 Å². The Kier molecular flexibility index (Phi) is 5.26. The zero-order chi connectivity index (χ0) is 19.5. The second-order valence-corrected chi connectivity index (χ2v) is 8.14. The van der Waals surface area contributed by atoms with Crippen LogP contribution in [0.15, 0.2) is 54.6 Å². The van der Waals surface area contributed by atoms with Crippen LogP contribution in [0.1, 0.15) is 50.4 Å². The van der Waals surface area contributed by atoms with Crippen molar-refractivity contribution in [2.75, 3.05) is 5.32 Å². The summed E-state index contributed by atoms with van der Waals surface area (Å²) in [5, 5.41) is 3.50. The molecule has 0 fully saturated rings. The van der Waals surface area contributed by atoms with Crippen molar-refractivity contribution in [3.8, 4) is 11.1 Å². The van der Waals surface area contributed by atoms with Crippen LogP contribution in [-0.2, 0) is 12.8 Å². The highest BCUT2D eigenvalue weighted by Gasteiger charge is 2.24. The number of aryl methyl sites for hydroxylation is 1. The highest BCUT2D eigenvalue weighted by atomic mass is 32.1. The molecule has 0 aliphatic heterocycles. The number of hydrogen-bond acceptors (Lipinski definition) is 3. The van der Waals surface area contributed by atoms with Gasteiger partial charge in [-0.1, -0.05) is 48.9 Å². The van der Waals surface area contributed by atoms with E-state index in [1.54, 1.807) is 12.1 Å². The molecule has 4 rings (SSSR count). The highest BCUT2D eigenvalue weighted by Crippen LogP contribution is 2.37.